The third-order valence-corrected chi connectivity index (χ3v) is 5.54. The van der Waals surface area contributed by atoms with Crippen LogP contribution >= 0.6 is 0 Å². The van der Waals surface area contributed by atoms with E-state index in [4.69, 9.17) is 5.26 Å². The molecule has 0 spiro atoms. The Bertz CT molecular complexity index is 521. The summed E-state index contributed by atoms with van der Waals surface area (Å²) >= 11 is 0. The molecule has 19 heavy (non-hydrogen) atoms. The molecule has 102 valence electrons. The number of benzene rings is 1. The van der Waals surface area contributed by atoms with Crippen LogP contribution < -0.4 is 0 Å². The lowest BCUT2D eigenvalue weighted by Crippen LogP contribution is -2.46. The second kappa shape index (κ2) is 5.85. The van der Waals surface area contributed by atoms with Crippen LogP contribution in [0.1, 0.15) is 30.5 Å². The minimum Gasteiger partial charge on any atom is -0.297 e. The maximum Gasteiger partial charge on any atom is 0.0994 e. The smallest absolute Gasteiger partial charge is 0.0994 e. The van der Waals surface area contributed by atoms with Crippen molar-refractivity contribution in [3.63, 3.8) is 0 Å². The largest absolute Gasteiger partial charge is 0.297 e. The van der Waals surface area contributed by atoms with Crippen LogP contribution in [0.15, 0.2) is 18.2 Å². The van der Waals surface area contributed by atoms with Crippen LogP contribution in [0.2, 0.25) is 0 Å². The second-order valence-electron chi connectivity index (χ2n) is 5.40. The first-order valence-corrected chi connectivity index (χ1v) is 7.90. The van der Waals surface area contributed by atoms with Crippen molar-refractivity contribution >= 4 is 10.8 Å². The molecule has 1 aromatic rings. The average molecular weight is 276 g/mol. The van der Waals surface area contributed by atoms with Gasteiger partial charge >= 0.3 is 0 Å². The van der Waals surface area contributed by atoms with Gasteiger partial charge in [-0.15, -0.1) is 0 Å². The predicted molar refractivity (Wildman–Crippen MR) is 78.2 cm³/mol. The molecule has 0 saturated carbocycles. The summed E-state index contributed by atoms with van der Waals surface area (Å²) in [5.41, 5.74) is 2.93. The SMILES string of the molecule is Cc1ccc(CN2CC(C)S(=O)C(C)C2)cc1C#N. The molecule has 0 aromatic heterocycles. The lowest BCUT2D eigenvalue weighted by Gasteiger charge is -2.34. The standard InChI is InChI=1S/C15H20N2OS/c1-11-4-5-14(6-15(11)7-16)10-17-8-12(2)19(18)13(3)9-17/h4-6,12-13H,8-10H2,1-3H3. The molecule has 0 bridgehead atoms. The summed E-state index contributed by atoms with van der Waals surface area (Å²) < 4.78 is 11.9. The molecule has 2 unspecified atom stereocenters. The van der Waals surface area contributed by atoms with Crippen molar-refractivity contribution in [3.8, 4) is 6.07 Å². The Morgan fingerprint density at radius 3 is 2.58 bits per heavy atom. The Kier molecular flexibility index (Phi) is 4.38. The number of hydrogen-bond donors (Lipinski definition) is 0. The molecule has 1 aliphatic rings. The molecule has 1 fully saturated rings. The fourth-order valence-corrected chi connectivity index (χ4v) is 4.13. The van der Waals surface area contributed by atoms with E-state index in [9.17, 15) is 4.21 Å². The van der Waals surface area contributed by atoms with Crippen molar-refractivity contribution in [1.82, 2.24) is 4.90 Å². The highest BCUT2D eigenvalue weighted by atomic mass is 32.2. The maximum atomic E-state index is 11.9. The van der Waals surface area contributed by atoms with Crippen LogP contribution in [0.25, 0.3) is 0 Å². The first kappa shape index (κ1) is 14.2. The Labute approximate surface area is 117 Å². The highest BCUT2D eigenvalue weighted by molar-refractivity contribution is 7.86. The van der Waals surface area contributed by atoms with E-state index in [0.29, 0.717) is 0 Å². The topological polar surface area (TPSA) is 44.1 Å². The summed E-state index contributed by atoms with van der Waals surface area (Å²) in [5, 5.41) is 9.52. The van der Waals surface area contributed by atoms with Crippen LogP contribution in [0.4, 0.5) is 0 Å². The van der Waals surface area contributed by atoms with Gasteiger partial charge in [-0.25, -0.2) is 0 Å². The molecule has 1 saturated heterocycles. The van der Waals surface area contributed by atoms with Crippen LogP contribution in [0.5, 0.6) is 0 Å². The van der Waals surface area contributed by atoms with Gasteiger partial charge in [0.2, 0.25) is 0 Å². The van der Waals surface area contributed by atoms with Gasteiger partial charge < -0.3 is 0 Å². The number of nitriles is 1. The van der Waals surface area contributed by atoms with Gasteiger partial charge in [0.1, 0.15) is 0 Å². The van der Waals surface area contributed by atoms with Gasteiger partial charge in [-0.1, -0.05) is 12.1 Å². The number of aryl methyl sites for hydroxylation is 1. The van der Waals surface area contributed by atoms with E-state index >= 15 is 0 Å². The van der Waals surface area contributed by atoms with Crippen LogP contribution in [0, 0.1) is 18.3 Å². The molecule has 3 nitrogen and oxygen atoms in total. The van der Waals surface area contributed by atoms with Crippen molar-refractivity contribution in [2.24, 2.45) is 0 Å². The Balaban J connectivity index is 2.10. The highest BCUT2D eigenvalue weighted by Crippen LogP contribution is 2.18. The van der Waals surface area contributed by atoms with Gasteiger partial charge in [-0.3, -0.25) is 9.11 Å². The molecule has 0 radical (unpaired) electrons. The molecule has 1 aromatic carbocycles. The minimum atomic E-state index is -0.712. The van der Waals surface area contributed by atoms with Crippen molar-refractivity contribution in [2.75, 3.05) is 13.1 Å². The molecule has 1 aliphatic heterocycles. The molecule has 2 atom stereocenters. The first-order valence-electron chi connectivity index (χ1n) is 6.62. The van der Waals surface area contributed by atoms with Crippen LogP contribution in [-0.2, 0) is 17.3 Å². The zero-order valence-corrected chi connectivity index (χ0v) is 12.5. The summed E-state index contributed by atoms with van der Waals surface area (Å²) in [6, 6.07) is 8.28. The zero-order chi connectivity index (χ0) is 14.0. The van der Waals surface area contributed by atoms with E-state index in [1.807, 2.05) is 19.1 Å². The second-order valence-corrected chi connectivity index (χ2v) is 7.67. The van der Waals surface area contributed by atoms with Crippen molar-refractivity contribution < 1.29 is 4.21 Å². The lowest BCUT2D eigenvalue weighted by molar-refractivity contribution is 0.258. The first-order chi connectivity index (χ1) is 9.01. The van der Waals surface area contributed by atoms with Crippen molar-refractivity contribution in [2.45, 2.75) is 37.8 Å². The quantitative estimate of drug-likeness (QED) is 0.832. The Hall–Kier alpha value is -1.18. The van der Waals surface area contributed by atoms with E-state index in [1.165, 1.54) is 0 Å². The van der Waals surface area contributed by atoms with Gasteiger partial charge in [0.15, 0.2) is 0 Å². The molecule has 1 heterocycles. The van der Waals surface area contributed by atoms with Crippen LogP contribution in [-0.4, -0.2) is 32.7 Å². The average Bonchev–Trinajstić information content (AvgIpc) is 2.38. The van der Waals surface area contributed by atoms with Gasteiger partial charge in [0.25, 0.3) is 0 Å². The molecular weight excluding hydrogens is 256 g/mol. The number of rotatable bonds is 2. The summed E-state index contributed by atoms with van der Waals surface area (Å²) in [7, 11) is -0.712. The fourth-order valence-electron chi connectivity index (χ4n) is 2.62. The van der Waals surface area contributed by atoms with Gasteiger partial charge in [0, 0.05) is 40.9 Å². The van der Waals surface area contributed by atoms with E-state index in [-0.39, 0.29) is 10.5 Å². The van der Waals surface area contributed by atoms with Gasteiger partial charge in [-0.05, 0) is 38.0 Å². The summed E-state index contributed by atoms with van der Waals surface area (Å²) in [6.07, 6.45) is 0. The summed E-state index contributed by atoms with van der Waals surface area (Å²) in [6.45, 7) is 8.63. The molecule has 0 aliphatic carbocycles. The fraction of sp³-hybridized carbons (Fsp3) is 0.533. The van der Waals surface area contributed by atoms with E-state index in [0.717, 1.165) is 36.3 Å². The normalized spacial score (nSPS) is 28.0. The Morgan fingerprint density at radius 2 is 2.00 bits per heavy atom. The molecular formula is C15H20N2OS. The lowest BCUT2D eigenvalue weighted by atomic mass is 10.1. The Morgan fingerprint density at radius 1 is 1.37 bits per heavy atom. The minimum absolute atomic E-state index is 0.227. The highest BCUT2D eigenvalue weighted by Gasteiger charge is 2.28. The summed E-state index contributed by atoms with van der Waals surface area (Å²) in [5.74, 6) is 0. The third kappa shape index (κ3) is 3.23. The molecule has 2 rings (SSSR count). The predicted octanol–water partition coefficient (Wildman–Crippen LogP) is 2.21. The number of nitrogens with zero attached hydrogens (tertiary/aromatic N) is 2. The van der Waals surface area contributed by atoms with Crippen molar-refractivity contribution in [1.29, 1.82) is 5.26 Å². The molecule has 0 N–H and O–H groups in total. The van der Waals surface area contributed by atoms with Crippen LogP contribution in [0.3, 0.4) is 0 Å². The van der Waals surface area contributed by atoms with E-state index < -0.39 is 10.8 Å². The zero-order valence-electron chi connectivity index (χ0n) is 11.7. The monoisotopic (exact) mass is 276 g/mol. The maximum absolute atomic E-state index is 11.9. The van der Waals surface area contributed by atoms with Crippen molar-refractivity contribution in [3.05, 3.63) is 34.9 Å². The van der Waals surface area contributed by atoms with E-state index in [1.54, 1.807) is 0 Å². The number of hydrogen-bond acceptors (Lipinski definition) is 3. The summed E-state index contributed by atoms with van der Waals surface area (Å²) in [4.78, 5) is 2.34. The molecule has 0 amide bonds. The van der Waals surface area contributed by atoms with E-state index in [2.05, 4.69) is 30.9 Å². The van der Waals surface area contributed by atoms with Gasteiger partial charge in [-0.2, -0.15) is 5.26 Å². The third-order valence-electron chi connectivity index (χ3n) is 3.65. The van der Waals surface area contributed by atoms with Gasteiger partial charge in [0.05, 0.1) is 11.6 Å². The molecule has 4 heteroatoms.